The molecular weight excluding hydrogens is 248 g/mol. The van der Waals surface area contributed by atoms with Crippen molar-refractivity contribution in [2.45, 2.75) is 25.4 Å². The van der Waals surface area contributed by atoms with Crippen LogP contribution in [0.5, 0.6) is 0 Å². The molecule has 1 heterocycles. The van der Waals surface area contributed by atoms with Crippen LogP contribution in [0.1, 0.15) is 19.8 Å². The summed E-state index contributed by atoms with van der Waals surface area (Å²) >= 11 is 0. The second kappa shape index (κ2) is 5.52. The third kappa shape index (κ3) is 2.93. The maximum absolute atomic E-state index is 10.7. The lowest BCUT2D eigenvalue weighted by Crippen LogP contribution is -2.44. The Morgan fingerprint density at radius 2 is 1.95 bits per heavy atom. The van der Waals surface area contributed by atoms with Crippen molar-refractivity contribution in [1.29, 1.82) is 0 Å². The number of allylic oxidation sites excluding steroid dienone is 2. The number of piperazine rings is 1. The van der Waals surface area contributed by atoms with Gasteiger partial charge in [-0.3, -0.25) is 4.90 Å². The molecule has 0 aromatic heterocycles. The Morgan fingerprint density at radius 3 is 2.55 bits per heavy atom. The number of fused-ring (bicyclic) bond motifs is 2. The van der Waals surface area contributed by atoms with Gasteiger partial charge in [-0.15, -0.1) is 0 Å². The smallest absolute Gasteiger partial charge is 0.126 e. The Hall–Kier alpha value is -0.820. The summed E-state index contributed by atoms with van der Waals surface area (Å²) in [7, 11) is 2.16. The van der Waals surface area contributed by atoms with Crippen molar-refractivity contribution in [3.05, 3.63) is 12.2 Å². The van der Waals surface area contributed by atoms with Crippen LogP contribution in [-0.4, -0.2) is 60.3 Å². The average molecular weight is 274 g/mol. The van der Waals surface area contributed by atoms with Gasteiger partial charge in [0.1, 0.15) is 5.60 Å². The Balaban J connectivity index is 1.54. The minimum absolute atomic E-state index is 0.331. The molecule has 3 aliphatic rings. The molecule has 1 aliphatic heterocycles. The largest absolute Gasteiger partial charge is 0.378 e. The number of hydrogen-bond donors (Lipinski definition) is 1. The van der Waals surface area contributed by atoms with Gasteiger partial charge >= 0.3 is 0 Å². The molecule has 1 saturated heterocycles. The van der Waals surface area contributed by atoms with Gasteiger partial charge < -0.3 is 10.0 Å². The van der Waals surface area contributed by atoms with Gasteiger partial charge in [-0.2, -0.15) is 0 Å². The first-order valence-electron chi connectivity index (χ1n) is 7.86. The summed E-state index contributed by atoms with van der Waals surface area (Å²) in [6.07, 6.45) is 6.93. The van der Waals surface area contributed by atoms with Crippen LogP contribution >= 0.6 is 0 Å². The van der Waals surface area contributed by atoms with Crippen LogP contribution in [0.25, 0.3) is 0 Å². The summed E-state index contributed by atoms with van der Waals surface area (Å²) in [5, 5.41) is 10.7. The van der Waals surface area contributed by atoms with Gasteiger partial charge in [0.05, 0.1) is 6.54 Å². The van der Waals surface area contributed by atoms with E-state index in [2.05, 4.69) is 40.8 Å². The molecule has 0 spiro atoms. The van der Waals surface area contributed by atoms with Gasteiger partial charge in [-0.25, -0.2) is 0 Å². The number of likely N-dealkylation sites (N-methyl/N-ethyl adjacent to an activating group) is 1. The lowest BCUT2D eigenvalue weighted by Gasteiger charge is -2.31. The van der Waals surface area contributed by atoms with Gasteiger partial charge in [0.2, 0.25) is 0 Å². The molecule has 0 aromatic carbocycles. The molecule has 20 heavy (non-hydrogen) atoms. The Bertz CT molecular complexity index is 438. The highest BCUT2D eigenvalue weighted by atomic mass is 16.3. The third-order valence-corrected chi connectivity index (χ3v) is 5.24. The van der Waals surface area contributed by atoms with E-state index in [0.29, 0.717) is 17.8 Å². The van der Waals surface area contributed by atoms with Crippen molar-refractivity contribution in [3.63, 3.8) is 0 Å². The van der Waals surface area contributed by atoms with E-state index in [1.165, 1.54) is 6.42 Å². The SMILES string of the molecule is CN1CCN(CC#C[C@@](C)(O)[C@@H]2C[C@H]3C=C[C@H]2C3)CC1. The van der Waals surface area contributed by atoms with Crippen LogP contribution in [0.15, 0.2) is 12.2 Å². The maximum Gasteiger partial charge on any atom is 0.126 e. The third-order valence-electron chi connectivity index (χ3n) is 5.24. The van der Waals surface area contributed by atoms with Crippen LogP contribution in [0.3, 0.4) is 0 Å². The van der Waals surface area contributed by atoms with E-state index < -0.39 is 5.60 Å². The van der Waals surface area contributed by atoms with Crippen LogP contribution < -0.4 is 0 Å². The second-order valence-electron chi connectivity index (χ2n) is 6.92. The van der Waals surface area contributed by atoms with E-state index in [4.69, 9.17) is 0 Å². The predicted octanol–water partition coefficient (Wildman–Crippen LogP) is 1.20. The zero-order chi connectivity index (χ0) is 14.2. The Morgan fingerprint density at radius 1 is 1.20 bits per heavy atom. The van der Waals surface area contributed by atoms with Crippen LogP contribution in [0, 0.1) is 29.6 Å². The normalized spacial score (nSPS) is 36.6. The minimum Gasteiger partial charge on any atom is -0.378 e. The molecule has 3 rings (SSSR count). The second-order valence-corrected chi connectivity index (χ2v) is 6.92. The summed E-state index contributed by atoms with van der Waals surface area (Å²) in [4.78, 5) is 4.73. The molecule has 0 aromatic rings. The fourth-order valence-electron chi connectivity index (χ4n) is 3.86. The van der Waals surface area contributed by atoms with Gasteiger partial charge in [-0.1, -0.05) is 24.0 Å². The maximum atomic E-state index is 10.7. The van der Waals surface area contributed by atoms with E-state index in [0.717, 1.165) is 39.1 Å². The summed E-state index contributed by atoms with van der Waals surface area (Å²) in [5.74, 6) is 7.96. The highest BCUT2D eigenvalue weighted by Crippen LogP contribution is 2.47. The minimum atomic E-state index is -0.823. The van der Waals surface area contributed by atoms with Gasteiger partial charge in [0.25, 0.3) is 0 Å². The molecule has 3 heteroatoms. The van der Waals surface area contributed by atoms with E-state index >= 15 is 0 Å². The molecule has 1 N–H and O–H groups in total. The van der Waals surface area contributed by atoms with Crippen molar-refractivity contribution >= 4 is 0 Å². The molecule has 2 fully saturated rings. The quantitative estimate of drug-likeness (QED) is 0.605. The first-order valence-corrected chi connectivity index (χ1v) is 7.86. The zero-order valence-corrected chi connectivity index (χ0v) is 12.7. The van der Waals surface area contributed by atoms with Crippen molar-refractivity contribution in [3.8, 4) is 11.8 Å². The lowest BCUT2D eigenvalue weighted by atomic mass is 9.80. The van der Waals surface area contributed by atoms with Crippen molar-refractivity contribution < 1.29 is 5.11 Å². The Labute approximate surface area is 122 Å². The van der Waals surface area contributed by atoms with E-state index in [1.54, 1.807) is 0 Å². The van der Waals surface area contributed by atoms with Crippen LogP contribution in [0.2, 0.25) is 0 Å². The molecule has 4 atom stereocenters. The molecule has 1 saturated carbocycles. The monoisotopic (exact) mass is 274 g/mol. The average Bonchev–Trinajstić information content (AvgIpc) is 3.04. The summed E-state index contributed by atoms with van der Waals surface area (Å²) in [6.45, 7) is 7.11. The highest BCUT2D eigenvalue weighted by Gasteiger charge is 2.44. The first kappa shape index (κ1) is 14.1. The highest BCUT2D eigenvalue weighted by molar-refractivity contribution is 5.22. The summed E-state index contributed by atoms with van der Waals surface area (Å²) in [5.41, 5.74) is -0.823. The van der Waals surface area contributed by atoms with Crippen molar-refractivity contribution in [1.82, 2.24) is 9.80 Å². The molecule has 110 valence electrons. The van der Waals surface area contributed by atoms with Crippen molar-refractivity contribution in [2.24, 2.45) is 17.8 Å². The number of rotatable bonds is 2. The fourth-order valence-corrected chi connectivity index (χ4v) is 3.86. The number of hydrogen-bond acceptors (Lipinski definition) is 3. The molecule has 2 bridgehead atoms. The van der Waals surface area contributed by atoms with Crippen molar-refractivity contribution in [2.75, 3.05) is 39.8 Å². The zero-order valence-electron chi connectivity index (χ0n) is 12.7. The number of aliphatic hydroxyl groups is 1. The molecule has 0 amide bonds. The van der Waals surface area contributed by atoms with Crippen LogP contribution in [-0.2, 0) is 0 Å². The Kier molecular flexibility index (Phi) is 3.90. The number of nitrogens with zero attached hydrogens (tertiary/aromatic N) is 2. The standard InChI is InChI=1S/C17H26N2O/c1-17(20,16-13-14-4-5-15(16)12-14)6-3-7-19-10-8-18(2)9-11-19/h4-5,14-16,20H,7-13H2,1-2H3/t14-,15-,16+,17+/m0/s1. The van der Waals surface area contributed by atoms with E-state index in [1.807, 2.05) is 6.92 Å². The van der Waals surface area contributed by atoms with Gasteiger partial charge in [0.15, 0.2) is 0 Å². The molecule has 0 unspecified atom stereocenters. The summed E-state index contributed by atoms with van der Waals surface area (Å²) < 4.78 is 0. The lowest BCUT2D eigenvalue weighted by molar-refractivity contribution is 0.0430. The molecule has 3 nitrogen and oxygen atoms in total. The van der Waals surface area contributed by atoms with Gasteiger partial charge in [0, 0.05) is 32.1 Å². The predicted molar refractivity (Wildman–Crippen MR) is 81.2 cm³/mol. The molecule has 2 aliphatic carbocycles. The van der Waals surface area contributed by atoms with Gasteiger partial charge in [-0.05, 0) is 38.6 Å². The van der Waals surface area contributed by atoms with E-state index in [9.17, 15) is 5.11 Å². The molecular formula is C17H26N2O. The summed E-state index contributed by atoms with van der Waals surface area (Å²) in [6, 6.07) is 0. The topological polar surface area (TPSA) is 26.7 Å². The van der Waals surface area contributed by atoms with Crippen LogP contribution in [0.4, 0.5) is 0 Å². The fraction of sp³-hybridized carbons (Fsp3) is 0.765. The molecule has 0 radical (unpaired) electrons. The van der Waals surface area contributed by atoms with E-state index in [-0.39, 0.29) is 0 Å². The first-order chi connectivity index (χ1) is 9.54.